The van der Waals surface area contributed by atoms with Crippen molar-refractivity contribution >= 4 is 54.7 Å². The quantitative estimate of drug-likeness (QED) is 0.395. The minimum atomic E-state index is -0.244. The van der Waals surface area contributed by atoms with Gasteiger partial charge in [0, 0.05) is 0 Å². The van der Waals surface area contributed by atoms with E-state index in [1.165, 1.54) is 17.6 Å². The molecule has 3 aromatic rings. The third kappa shape index (κ3) is 4.75. The summed E-state index contributed by atoms with van der Waals surface area (Å²) in [5.74, 6) is 0.125. The molecule has 1 aromatic heterocycles. The van der Waals surface area contributed by atoms with E-state index >= 15 is 0 Å². The van der Waals surface area contributed by atoms with E-state index in [4.69, 9.17) is 10.5 Å². The maximum atomic E-state index is 12.1. The summed E-state index contributed by atoms with van der Waals surface area (Å²) < 4.78 is 6.79. The summed E-state index contributed by atoms with van der Waals surface area (Å²) in [6.45, 7) is 2.25. The number of nitrogens with one attached hydrogen (secondary N) is 1. The fourth-order valence-corrected chi connectivity index (χ4v) is 3.69. The number of hydrazone groups is 1. The lowest BCUT2D eigenvalue weighted by molar-refractivity contribution is -0.120. The van der Waals surface area contributed by atoms with Crippen molar-refractivity contribution in [2.75, 3.05) is 12.3 Å². The molecule has 1 amide bonds. The highest BCUT2D eigenvalue weighted by molar-refractivity contribution is 9.10. The van der Waals surface area contributed by atoms with E-state index in [1.807, 2.05) is 25.1 Å². The van der Waals surface area contributed by atoms with Crippen LogP contribution in [-0.2, 0) is 11.2 Å². The number of fused-ring (bicyclic) bond motifs is 1. The Kier molecular flexibility index (Phi) is 5.92. The van der Waals surface area contributed by atoms with Gasteiger partial charge in [-0.25, -0.2) is 10.4 Å². The van der Waals surface area contributed by atoms with E-state index in [0.29, 0.717) is 27.5 Å². The number of hydrogen-bond acceptors (Lipinski definition) is 7. The van der Waals surface area contributed by atoms with Gasteiger partial charge in [-0.1, -0.05) is 17.4 Å². The number of aromatic nitrogens is 1. The number of anilines is 1. The second kappa shape index (κ2) is 8.36. The molecular weight excluding hydrogens is 432 g/mol. The number of aromatic hydroxyl groups is 1. The van der Waals surface area contributed by atoms with Crippen LogP contribution < -0.4 is 15.9 Å². The molecule has 0 aliphatic carbocycles. The van der Waals surface area contributed by atoms with Crippen molar-refractivity contribution in [3.05, 3.63) is 45.9 Å². The van der Waals surface area contributed by atoms with Crippen LogP contribution in [-0.4, -0.2) is 28.8 Å². The Morgan fingerprint density at radius 1 is 1.44 bits per heavy atom. The number of benzene rings is 2. The molecule has 0 saturated heterocycles. The summed E-state index contributed by atoms with van der Waals surface area (Å²) in [7, 11) is 0. The Morgan fingerprint density at radius 3 is 3.04 bits per heavy atom. The summed E-state index contributed by atoms with van der Waals surface area (Å²) in [5.41, 5.74) is 10.5. The zero-order chi connectivity index (χ0) is 19.4. The molecule has 9 heteroatoms. The van der Waals surface area contributed by atoms with Crippen molar-refractivity contribution in [3.63, 3.8) is 0 Å². The number of rotatable bonds is 6. The first-order chi connectivity index (χ1) is 13.0. The summed E-state index contributed by atoms with van der Waals surface area (Å²) in [4.78, 5) is 16.3. The first-order valence-electron chi connectivity index (χ1n) is 8.08. The van der Waals surface area contributed by atoms with E-state index in [9.17, 15) is 9.90 Å². The van der Waals surface area contributed by atoms with Gasteiger partial charge in [0.15, 0.2) is 16.6 Å². The number of phenols is 1. The van der Waals surface area contributed by atoms with Gasteiger partial charge in [-0.2, -0.15) is 5.10 Å². The van der Waals surface area contributed by atoms with Gasteiger partial charge in [0.25, 0.3) is 0 Å². The minimum Gasteiger partial charge on any atom is -0.503 e. The normalized spacial score (nSPS) is 11.2. The number of carbonyl (C=O) groups is 1. The first kappa shape index (κ1) is 19.1. The topological polar surface area (TPSA) is 110 Å². The van der Waals surface area contributed by atoms with E-state index in [-0.39, 0.29) is 18.1 Å². The van der Waals surface area contributed by atoms with Gasteiger partial charge in [-0.05, 0) is 58.2 Å². The van der Waals surface area contributed by atoms with Gasteiger partial charge in [0.2, 0.25) is 5.91 Å². The summed E-state index contributed by atoms with van der Waals surface area (Å²) >= 11 is 4.65. The van der Waals surface area contributed by atoms with Crippen LogP contribution >= 0.6 is 27.3 Å². The van der Waals surface area contributed by atoms with Crippen molar-refractivity contribution in [2.45, 2.75) is 13.3 Å². The number of thiazole rings is 1. The zero-order valence-electron chi connectivity index (χ0n) is 14.4. The predicted octanol–water partition coefficient (Wildman–Crippen LogP) is 3.44. The van der Waals surface area contributed by atoms with Gasteiger partial charge >= 0.3 is 0 Å². The van der Waals surface area contributed by atoms with E-state index < -0.39 is 0 Å². The minimum absolute atomic E-state index is 0.0251. The number of nitrogens with two attached hydrogens (primary N) is 1. The third-order valence-electron chi connectivity index (χ3n) is 3.59. The molecule has 0 atom stereocenters. The number of ether oxygens (including phenoxy) is 1. The number of carbonyl (C=O) groups excluding carboxylic acids is 1. The molecule has 27 heavy (non-hydrogen) atoms. The van der Waals surface area contributed by atoms with Gasteiger partial charge in [0.05, 0.1) is 33.9 Å². The average molecular weight is 449 g/mol. The van der Waals surface area contributed by atoms with Crippen LogP contribution in [0.3, 0.4) is 0 Å². The molecule has 0 aliphatic rings. The van der Waals surface area contributed by atoms with Gasteiger partial charge in [-0.15, -0.1) is 0 Å². The second-order valence-electron chi connectivity index (χ2n) is 5.61. The highest BCUT2D eigenvalue weighted by Crippen LogP contribution is 2.35. The highest BCUT2D eigenvalue weighted by Gasteiger charge is 2.09. The fourth-order valence-electron chi connectivity index (χ4n) is 2.43. The average Bonchev–Trinajstić information content (AvgIpc) is 2.98. The van der Waals surface area contributed by atoms with E-state index in [0.717, 1.165) is 15.8 Å². The molecule has 2 aromatic carbocycles. The van der Waals surface area contributed by atoms with Gasteiger partial charge < -0.3 is 15.6 Å². The van der Waals surface area contributed by atoms with E-state index in [1.54, 1.807) is 12.1 Å². The van der Waals surface area contributed by atoms with Crippen LogP contribution in [0.1, 0.15) is 18.1 Å². The lowest BCUT2D eigenvalue weighted by Crippen LogP contribution is -2.19. The van der Waals surface area contributed by atoms with Crippen LogP contribution in [0, 0.1) is 0 Å². The van der Waals surface area contributed by atoms with Crippen LogP contribution in [0.15, 0.2) is 39.9 Å². The molecule has 3 rings (SSSR count). The molecule has 4 N–H and O–H groups in total. The number of amides is 1. The molecule has 0 spiro atoms. The molecule has 140 valence electrons. The van der Waals surface area contributed by atoms with E-state index in [2.05, 4.69) is 31.4 Å². The largest absolute Gasteiger partial charge is 0.503 e. The number of phenolic OH excluding ortho intramolecular Hbond substituents is 1. The van der Waals surface area contributed by atoms with Gasteiger partial charge in [0.1, 0.15) is 0 Å². The Balaban J connectivity index is 1.64. The molecule has 0 fully saturated rings. The molecule has 0 aliphatic heterocycles. The number of nitrogen functional groups attached to an aromatic ring is 1. The third-order valence-corrected chi connectivity index (χ3v) is 5.04. The number of halogens is 1. The summed E-state index contributed by atoms with van der Waals surface area (Å²) in [6.07, 6.45) is 1.67. The standard InChI is InChI=1S/C18H17BrN4O3S/c1-2-26-14-6-11(5-12(19)17(14)25)9-21-23-16(24)8-10-3-4-13-15(7-10)27-18(20)22-13/h3-7,9,25H,2,8H2,1H3,(H2,20,22)(H,23,24)/b21-9-. The summed E-state index contributed by atoms with van der Waals surface area (Å²) in [5, 5.41) is 14.4. The van der Waals surface area contributed by atoms with Crippen molar-refractivity contribution in [3.8, 4) is 11.5 Å². The van der Waals surface area contributed by atoms with Gasteiger partial charge in [-0.3, -0.25) is 4.79 Å². The molecule has 1 heterocycles. The van der Waals surface area contributed by atoms with Crippen LogP contribution in [0.4, 0.5) is 5.13 Å². The Labute approximate surface area is 168 Å². The fraction of sp³-hybridized carbons (Fsp3) is 0.167. The van der Waals surface area contributed by atoms with Crippen molar-refractivity contribution in [2.24, 2.45) is 5.10 Å². The van der Waals surface area contributed by atoms with Crippen molar-refractivity contribution < 1.29 is 14.6 Å². The van der Waals surface area contributed by atoms with Crippen molar-refractivity contribution in [1.82, 2.24) is 10.4 Å². The van der Waals surface area contributed by atoms with Crippen LogP contribution in [0.5, 0.6) is 11.5 Å². The molecule has 0 bridgehead atoms. The maximum Gasteiger partial charge on any atom is 0.244 e. The lowest BCUT2D eigenvalue weighted by Gasteiger charge is -2.08. The smallest absolute Gasteiger partial charge is 0.244 e. The van der Waals surface area contributed by atoms with Crippen molar-refractivity contribution in [1.29, 1.82) is 0 Å². The molecule has 0 unspecified atom stereocenters. The predicted molar refractivity (Wildman–Crippen MR) is 110 cm³/mol. The Bertz CT molecular complexity index is 1020. The number of hydrogen-bond donors (Lipinski definition) is 3. The first-order valence-corrected chi connectivity index (χ1v) is 9.69. The molecule has 7 nitrogen and oxygen atoms in total. The maximum absolute atomic E-state index is 12.1. The zero-order valence-corrected chi connectivity index (χ0v) is 16.8. The highest BCUT2D eigenvalue weighted by atomic mass is 79.9. The SMILES string of the molecule is CCOc1cc(/C=N\NC(=O)Cc2ccc3nc(N)sc3c2)cc(Br)c1O. The second-order valence-corrected chi connectivity index (χ2v) is 7.52. The van der Waals surface area contributed by atoms with Crippen LogP contribution in [0.25, 0.3) is 10.2 Å². The Hall–Kier alpha value is -2.65. The molecule has 0 radical (unpaired) electrons. The van der Waals surface area contributed by atoms with Crippen LogP contribution in [0.2, 0.25) is 0 Å². The molecular formula is C18H17BrN4O3S. The lowest BCUT2D eigenvalue weighted by atomic mass is 10.1. The molecule has 0 saturated carbocycles. The number of nitrogens with zero attached hydrogens (tertiary/aromatic N) is 2. The summed E-state index contributed by atoms with van der Waals surface area (Å²) in [6, 6.07) is 8.91. The Morgan fingerprint density at radius 2 is 2.26 bits per heavy atom. The monoisotopic (exact) mass is 448 g/mol.